The minimum atomic E-state index is 0.769. The zero-order chi connectivity index (χ0) is 13.2. The van der Waals surface area contributed by atoms with Crippen molar-refractivity contribution in [3.05, 3.63) is 23.0 Å². The fourth-order valence-corrected chi connectivity index (χ4v) is 3.35. The van der Waals surface area contributed by atoms with Crippen LogP contribution in [0, 0.1) is 10.7 Å². The van der Waals surface area contributed by atoms with Gasteiger partial charge in [0.2, 0.25) is 0 Å². The summed E-state index contributed by atoms with van der Waals surface area (Å²) in [6.07, 6.45) is 6.79. The maximum Gasteiger partial charge on any atom is 0.178 e. The monoisotopic (exact) mass is 276 g/mol. The van der Waals surface area contributed by atoms with Gasteiger partial charge in [0, 0.05) is 12.6 Å². The Bertz CT molecular complexity index is 623. The van der Waals surface area contributed by atoms with Crippen LogP contribution in [0.4, 0.5) is 0 Å². The van der Waals surface area contributed by atoms with Crippen molar-refractivity contribution in [2.45, 2.75) is 38.6 Å². The highest BCUT2D eigenvalue weighted by molar-refractivity contribution is 7.71. The van der Waals surface area contributed by atoms with E-state index in [0.29, 0.717) is 0 Å². The molecule has 19 heavy (non-hydrogen) atoms. The third-order valence-corrected chi connectivity index (χ3v) is 4.47. The number of fused-ring (bicyclic) bond motifs is 1. The first kappa shape index (κ1) is 12.7. The first-order valence-electron chi connectivity index (χ1n) is 7.04. The molecule has 1 N–H and O–H groups in total. The maximum atomic E-state index is 5.47. The number of aromatic amines is 1. The van der Waals surface area contributed by atoms with Crippen LogP contribution in [0.25, 0.3) is 11.0 Å². The molecule has 0 spiro atoms. The smallest absolute Gasteiger partial charge is 0.178 e. The Morgan fingerprint density at radius 3 is 2.84 bits per heavy atom. The Morgan fingerprint density at radius 2 is 2.11 bits per heavy atom. The lowest BCUT2D eigenvalue weighted by Crippen LogP contribution is -2.14. The van der Waals surface area contributed by atoms with Gasteiger partial charge in [0.1, 0.15) is 5.75 Å². The molecule has 3 nitrogen and oxygen atoms in total. The molecule has 0 unspecified atom stereocenters. The molecular formula is C15H20N2OS. The second kappa shape index (κ2) is 5.37. The molecule has 1 fully saturated rings. The summed E-state index contributed by atoms with van der Waals surface area (Å²) in [5.74, 6) is 1.66. The van der Waals surface area contributed by atoms with Gasteiger partial charge in [-0.1, -0.05) is 19.3 Å². The predicted molar refractivity (Wildman–Crippen MR) is 80.2 cm³/mol. The van der Waals surface area contributed by atoms with Crippen LogP contribution < -0.4 is 4.74 Å². The Hall–Kier alpha value is -1.29. The van der Waals surface area contributed by atoms with Crippen LogP contribution in [0.5, 0.6) is 5.75 Å². The first-order valence-corrected chi connectivity index (χ1v) is 7.45. The molecule has 4 heteroatoms. The molecule has 0 aliphatic heterocycles. The van der Waals surface area contributed by atoms with Crippen LogP contribution in [-0.2, 0) is 6.54 Å². The second-order valence-corrected chi connectivity index (χ2v) is 5.81. The molecule has 1 saturated carbocycles. The molecule has 1 aliphatic rings. The number of aromatic nitrogens is 2. The van der Waals surface area contributed by atoms with E-state index in [-0.39, 0.29) is 0 Å². The summed E-state index contributed by atoms with van der Waals surface area (Å²) in [5.41, 5.74) is 2.26. The molecule has 3 rings (SSSR count). The normalized spacial score (nSPS) is 16.9. The van der Waals surface area contributed by atoms with Crippen molar-refractivity contribution in [3.8, 4) is 5.75 Å². The van der Waals surface area contributed by atoms with Gasteiger partial charge in [-0.2, -0.15) is 0 Å². The minimum absolute atomic E-state index is 0.769. The van der Waals surface area contributed by atoms with E-state index in [9.17, 15) is 0 Å². The van der Waals surface area contributed by atoms with E-state index in [0.717, 1.165) is 34.0 Å². The number of ether oxygens (including phenoxy) is 1. The van der Waals surface area contributed by atoms with Gasteiger partial charge in [-0.05, 0) is 43.1 Å². The topological polar surface area (TPSA) is 29.9 Å². The fourth-order valence-electron chi connectivity index (χ4n) is 3.07. The third-order valence-electron chi connectivity index (χ3n) is 4.15. The van der Waals surface area contributed by atoms with Crippen molar-refractivity contribution in [2.24, 2.45) is 5.92 Å². The molecule has 1 aromatic carbocycles. The number of nitrogens with zero attached hydrogens (tertiary/aromatic N) is 1. The van der Waals surface area contributed by atoms with E-state index in [1.165, 1.54) is 32.1 Å². The number of hydrogen-bond donors (Lipinski definition) is 1. The van der Waals surface area contributed by atoms with Crippen molar-refractivity contribution >= 4 is 23.3 Å². The highest BCUT2D eigenvalue weighted by atomic mass is 32.1. The van der Waals surface area contributed by atoms with Crippen molar-refractivity contribution in [3.63, 3.8) is 0 Å². The summed E-state index contributed by atoms with van der Waals surface area (Å²) < 4.78 is 8.38. The molecule has 1 aromatic heterocycles. The van der Waals surface area contributed by atoms with E-state index in [4.69, 9.17) is 17.0 Å². The molecule has 2 aromatic rings. The largest absolute Gasteiger partial charge is 0.497 e. The van der Waals surface area contributed by atoms with Crippen molar-refractivity contribution in [1.82, 2.24) is 9.55 Å². The van der Waals surface area contributed by atoms with Gasteiger partial charge in [0.15, 0.2) is 4.77 Å². The summed E-state index contributed by atoms with van der Waals surface area (Å²) in [4.78, 5) is 3.29. The summed E-state index contributed by atoms with van der Waals surface area (Å²) in [6, 6.07) is 6.09. The third kappa shape index (κ3) is 2.54. The number of imidazole rings is 1. The Kier molecular flexibility index (Phi) is 3.60. The Labute approximate surface area is 118 Å². The summed E-state index contributed by atoms with van der Waals surface area (Å²) in [7, 11) is 1.70. The van der Waals surface area contributed by atoms with Gasteiger partial charge in [0.05, 0.1) is 18.1 Å². The number of hydrogen-bond acceptors (Lipinski definition) is 2. The van der Waals surface area contributed by atoms with E-state index in [1.807, 2.05) is 12.1 Å². The van der Waals surface area contributed by atoms with Crippen molar-refractivity contribution in [2.75, 3.05) is 7.11 Å². The lowest BCUT2D eigenvalue weighted by atomic mass is 9.89. The van der Waals surface area contributed by atoms with Gasteiger partial charge < -0.3 is 14.3 Å². The first-order chi connectivity index (χ1) is 9.28. The van der Waals surface area contributed by atoms with Gasteiger partial charge in [0.25, 0.3) is 0 Å². The van der Waals surface area contributed by atoms with Gasteiger partial charge in [-0.15, -0.1) is 0 Å². The number of benzene rings is 1. The number of nitrogens with one attached hydrogen (secondary N) is 1. The second-order valence-electron chi connectivity index (χ2n) is 5.43. The molecule has 1 aliphatic carbocycles. The molecule has 0 atom stereocenters. The lowest BCUT2D eigenvalue weighted by molar-refractivity contribution is 0.321. The SMILES string of the molecule is COc1ccc2[nH]c(=S)n(CC3CCCCC3)c2c1. The average Bonchev–Trinajstić information content (AvgIpc) is 2.76. The summed E-state index contributed by atoms with van der Waals surface area (Å²) in [5, 5.41) is 0. The average molecular weight is 276 g/mol. The molecule has 0 saturated heterocycles. The molecule has 0 bridgehead atoms. The lowest BCUT2D eigenvalue weighted by Gasteiger charge is -2.22. The summed E-state index contributed by atoms with van der Waals surface area (Å²) in [6.45, 7) is 1.03. The zero-order valence-electron chi connectivity index (χ0n) is 11.3. The van der Waals surface area contributed by atoms with Crippen LogP contribution in [0.1, 0.15) is 32.1 Å². The highest BCUT2D eigenvalue weighted by Crippen LogP contribution is 2.27. The molecule has 0 amide bonds. The van der Waals surface area contributed by atoms with Crippen molar-refractivity contribution in [1.29, 1.82) is 0 Å². The summed E-state index contributed by atoms with van der Waals surface area (Å²) >= 11 is 5.47. The van der Waals surface area contributed by atoms with Crippen LogP contribution in [0.2, 0.25) is 0 Å². The van der Waals surface area contributed by atoms with Gasteiger partial charge in [-0.3, -0.25) is 0 Å². The Balaban J connectivity index is 1.96. The zero-order valence-corrected chi connectivity index (χ0v) is 12.1. The van der Waals surface area contributed by atoms with E-state index < -0.39 is 0 Å². The van der Waals surface area contributed by atoms with Crippen LogP contribution in [-0.4, -0.2) is 16.7 Å². The van der Waals surface area contributed by atoms with E-state index >= 15 is 0 Å². The molecule has 102 valence electrons. The number of methoxy groups -OCH3 is 1. The highest BCUT2D eigenvalue weighted by Gasteiger charge is 2.16. The molecular weight excluding hydrogens is 256 g/mol. The quantitative estimate of drug-likeness (QED) is 0.848. The van der Waals surface area contributed by atoms with E-state index in [2.05, 4.69) is 15.6 Å². The van der Waals surface area contributed by atoms with Gasteiger partial charge >= 0.3 is 0 Å². The molecule has 0 radical (unpaired) electrons. The molecule has 1 heterocycles. The van der Waals surface area contributed by atoms with E-state index in [1.54, 1.807) is 7.11 Å². The van der Waals surface area contributed by atoms with Crippen molar-refractivity contribution < 1.29 is 4.74 Å². The Morgan fingerprint density at radius 1 is 1.32 bits per heavy atom. The number of H-pyrrole nitrogens is 1. The van der Waals surface area contributed by atoms with Crippen LogP contribution in [0.3, 0.4) is 0 Å². The van der Waals surface area contributed by atoms with Crippen LogP contribution >= 0.6 is 12.2 Å². The fraction of sp³-hybridized carbons (Fsp3) is 0.533. The van der Waals surface area contributed by atoms with Crippen LogP contribution in [0.15, 0.2) is 18.2 Å². The maximum absolute atomic E-state index is 5.47. The minimum Gasteiger partial charge on any atom is -0.497 e. The predicted octanol–water partition coefficient (Wildman–Crippen LogP) is 4.29. The standard InChI is InChI=1S/C15H20N2OS/c1-18-12-7-8-13-14(9-12)17(15(19)16-13)10-11-5-3-2-4-6-11/h7-9,11H,2-6,10H2,1H3,(H,16,19). The van der Waals surface area contributed by atoms with Gasteiger partial charge in [-0.25, -0.2) is 0 Å². The number of rotatable bonds is 3.